The van der Waals surface area contributed by atoms with E-state index in [0.717, 1.165) is 24.3 Å². The van der Waals surface area contributed by atoms with Crippen LogP contribution in [0.15, 0.2) is 48.2 Å². The number of carbonyl (C=O) groups excluding carboxylic acids is 1. The van der Waals surface area contributed by atoms with Crippen LogP contribution in [0.4, 0.5) is 26.3 Å². The molecule has 0 aromatic heterocycles. The monoisotopic (exact) mass is 550 g/mol. The molecule has 0 bridgehead atoms. The van der Waals surface area contributed by atoms with Crippen molar-refractivity contribution in [3.05, 3.63) is 94.3 Å². The highest BCUT2D eigenvalue weighted by Gasteiger charge is 2.27. The molecule has 0 saturated heterocycles. The lowest BCUT2D eigenvalue weighted by atomic mass is 9.85. The second-order valence-electron chi connectivity index (χ2n) is 8.71. The normalized spacial score (nSPS) is 15.1. The minimum Gasteiger partial charge on any atom is -0.491 e. The zero-order valence-corrected chi connectivity index (χ0v) is 21.1. The molecule has 3 aromatic carbocycles. The third kappa shape index (κ3) is 5.60. The quantitative estimate of drug-likeness (QED) is 0.211. The fourth-order valence-electron chi connectivity index (χ4n) is 4.41. The molecule has 3 aromatic rings. The Hall–Kier alpha value is -3.95. The lowest BCUT2D eigenvalue weighted by Crippen LogP contribution is -2.13. The minimum absolute atomic E-state index is 0.0179. The zero-order valence-electron chi connectivity index (χ0n) is 21.1. The zero-order chi connectivity index (χ0) is 28.3. The molecular weight excluding hydrogens is 526 g/mol. The first kappa shape index (κ1) is 28.1. The number of halogens is 6. The Labute approximate surface area is 220 Å². The number of hydrogen-bond donors (Lipinski definition) is 0. The van der Waals surface area contributed by atoms with Gasteiger partial charge in [-0.1, -0.05) is 12.1 Å². The van der Waals surface area contributed by atoms with Crippen molar-refractivity contribution in [3.63, 3.8) is 0 Å². The van der Waals surface area contributed by atoms with Crippen LogP contribution in [0, 0.1) is 34.9 Å². The van der Waals surface area contributed by atoms with Crippen LogP contribution in [0.1, 0.15) is 54.9 Å². The van der Waals surface area contributed by atoms with E-state index in [9.17, 15) is 26.7 Å². The maximum Gasteiger partial charge on any atom is 0.346 e. The Morgan fingerprint density at radius 2 is 1.31 bits per heavy atom. The van der Waals surface area contributed by atoms with Gasteiger partial charge in [0, 0.05) is 17.5 Å². The fraction of sp³-hybridized carbons (Fsp3) is 0.276. The predicted octanol–water partition coefficient (Wildman–Crippen LogP) is 7.99. The van der Waals surface area contributed by atoms with Crippen molar-refractivity contribution < 1.29 is 45.3 Å². The molecule has 1 atom stereocenters. The molecule has 0 aliphatic heterocycles. The molecule has 39 heavy (non-hydrogen) atoms. The van der Waals surface area contributed by atoms with Crippen molar-refractivity contribution in [2.45, 2.75) is 39.0 Å². The van der Waals surface area contributed by atoms with E-state index >= 15 is 4.39 Å². The number of rotatable bonds is 8. The Bertz CT molecular complexity index is 1440. The van der Waals surface area contributed by atoms with E-state index in [0.29, 0.717) is 0 Å². The lowest BCUT2D eigenvalue weighted by molar-refractivity contribution is 0.0599. The van der Waals surface area contributed by atoms with E-state index in [4.69, 9.17) is 14.2 Å². The van der Waals surface area contributed by atoms with Crippen LogP contribution in [-0.2, 0) is 4.74 Å². The first-order valence-electron chi connectivity index (χ1n) is 12.3. The van der Waals surface area contributed by atoms with Gasteiger partial charge < -0.3 is 14.2 Å². The Kier molecular flexibility index (Phi) is 8.52. The molecule has 0 spiro atoms. The standard InChI is InChI=1S/C29H24F6O4/c1-3-37-21-13-11-19(25(32)27(21)34)18-10-9-17(23(30)24(18)31)15-5-7-16(8-6-15)39-29(36)20-12-14-22(38-4-2)28(35)26(20)33/h7,9-15H,3-6,8H2,1-2H3. The van der Waals surface area contributed by atoms with Crippen molar-refractivity contribution in [1.29, 1.82) is 0 Å². The predicted molar refractivity (Wildman–Crippen MR) is 130 cm³/mol. The highest BCUT2D eigenvalue weighted by atomic mass is 19.2. The van der Waals surface area contributed by atoms with Crippen molar-refractivity contribution in [2.75, 3.05) is 13.2 Å². The van der Waals surface area contributed by atoms with Gasteiger partial charge in [0.2, 0.25) is 11.6 Å². The molecule has 0 N–H and O–H groups in total. The van der Waals surface area contributed by atoms with Gasteiger partial charge in [-0.25, -0.2) is 22.4 Å². The Morgan fingerprint density at radius 1 is 0.744 bits per heavy atom. The van der Waals surface area contributed by atoms with Gasteiger partial charge in [0.1, 0.15) is 5.76 Å². The first-order chi connectivity index (χ1) is 18.7. The number of carbonyl (C=O) groups is 1. The SMILES string of the molecule is CCOc1ccc(C(=O)OC2=CCC(c3ccc(-c4ccc(OCC)c(F)c4F)c(F)c3F)CC2)c(F)c1F. The summed E-state index contributed by atoms with van der Waals surface area (Å²) in [6.07, 6.45) is 2.03. The molecule has 4 rings (SSSR count). The maximum absolute atomic E-state index is 15.1. The van der Waals surface area contributed by atoms with Gasteiger partial charge in [0.05, 0.1) is 18.8 Å². The minimum atomic E-state index is -1.40. The van der Waals surface area contributed by atoms with Crippen LogP contribution in [0.2, 0.25) is 0 Å². The van der Waals surface area contributed by atoms with Crippen LogP contribution < -0.4 is 9.47 Å². The lowest BCUT2D eigenvalue weighted by Gasteiger charge is -2.23. The third-order valence-electron chi connectivity index (χ3n) is 6.35. The summed E-state index contributed by atoms with van der Waals surface area (Å²) in [5.41, 5.74) is -1.49. The van der Waals surface area contributed by atoms with E-state index < -0.39 is 63.5 Å². The average molecular weight is 550 g/mol. The van der Waals surface area contributed by atoms with Crippen molar-refractivity contribution in [1.82, 2.24) is 0 Å². The molecular formula is C29H24F6O4. The molecule has 0 fully saturated rings. The van der Waals surface area contributed by atoms with E-state index in [1.54, 1.807) is 13.8 Å². The van der Waals surface area contributed by atoms with Gasteiger partial charge >= 0.3 is 5.97 Å². The molecule has 0 saturated carbocycles. The molecule has 4 nitrogen and oxygen atoms in total. The van der Waals surface area contributed by atoms with Crippen molar-refractivity contribution in [3.8, 4) is 22.6 Å². The van der Waals surface area contributed by atoms with Crippen LogP contribution in [0.25, 0.3) is 11.1 Å². The molecule has 0 heterocycles. The molecule has 0 radical (unpaired) electrons. The summed E-state index contributed by atoms with van der Waals surface area (Å²) >= 11 is 0. The molecule has 0 amide bonds. The fourth-order valence-corrected chi connectivity index (χ4v) is 4.41. The van der Waals surface area contributed by atoms with Crippen LogP contribution in [-0.4, -0.2) is 19.2 Å². The summed E-state index contributed by atoms with van der Waals surface area (Å²) in [5, 5.41) is 0. The van der Waals surface area contributed by atoms with Gasteiger partial charge in [-0.05, 0) is 68.5 Å². The second kappa shape index (κ2) is 11.8. The molecule has 206 valence electrons. The van der Waals surface area contributed by atoms with Crippen molar-refractivity contribution >= 4 is 5.97 Å². The molecule has 1 unspecified atom stereocenters. The third-order valence-corrected chi connectivity index (χ3v) is 6.35. The van der Waals surface area contributed by atoms with Crippen LogP contribution in [0.3, 0.4) is 0 Å². The van der Waals surface area contributed by atoms with Gasteiger partial charge in [-0.2, -0.15) is 8.78 Å². The topological polar surface area (TPSA) is 44.8 Å². The number of hydrogen-bond acceptors (Lipinski definition) is 4. The van der Waals surface area contributed by atoms with Gasteiger partial charge in [-0.15, -0.1) is 0 Å². The molecule has 1 aliphatic carbocycles. The summed E-state index contributed by atoms with van der Waals surface area (Å²) < 4.78 is 102. The first-order valence-corrected chi connectivity index (χ1v) is 12.3. The van der Waals surface area contributed by atoms with Gasteiger partial charge in [0.15, 0.2) is 34.8 Å². The summed E-state index contributed by atoms with van der Waals surface area (Å²) in [4.78, 5) is 12.4. The second-order valence-corrected chi connectivity index (χ2v) is 8.71. The molecule has 1 aliphatic rings. The summed E-state index contributed by atoms with van der Waals surface area (Å²) in [7, 11) is 0. The smallest absolute Gasteiger partial charge is 0.346 e. The summed E-state index contributed by atoms with van der Waals surface area (Å²) in [6, 6.07) is 6.91. The highest BCUT2D eigenvalue weighted by Crippen LogP contribution is 2.38. The number of esters is 1. The number of ether oxygens (including phenoxy) is 3. The largest absolute Gasteiger partial charge is 0.491 e. The molecule has 10 heteroatoms. The Balaban J connectivity index is 1.49. The van der Waals surface area contributed by atoms with E-state index in [2.05, 4.69) is 0 Å². The highest BCUT2D eigenvalue weighted by molar-refractivity contribution is 5.90. The number of allylic oxidation sites excluding steroid dienone is 2. The van der Waals surface area contributed by atoms with Crippen LogP contribution in [0.5, 0.6) is 11.5 Å². The maximum atomic E-state index is 15.1. The van der Waals surface area contributed by atoms with Gasteiger partial charge in [-0.3, -0.25) is 0 Å². The summed E-state index contributed by atoms with van der Waals surface area (Å²) in [6.45, 7) is 3.40. The van der Waals surface area contributed by atoms with E-state index in [-0.39, 0.29) is 55.3 Å². The number of benzene rings is 3. The Morgan fingerprint density at radius 3 is 1.90 bits per heavy atom. The van der Waals surface area contributed by atoms with E-state index in [1.807, 2.05) is 0 Å². The van der Waals surface area contributed by atoms with Crippen molar-refractivity contribution in [2.24, 2.45) is 0 Å². The summed E-state index contributed by atoms with van der Waals surface area (Å²) in [5.74, 6) is -10.00. The van der Waals surface area contributed by atoms with E-state index in [1.165, 1.54) is 18.2 Å². The van der Waals surface area contributed by atoms with Crippen LogP contribution >= 0.6 is 0 Å². The van der Waals surface area contributed by atoms with Gasteiger partial charge in [0.25, 0.3) is 0 Å². The average Bonchev–Trinajstić information content (AvgIpc) is 2.92.